The Hall–Kier alpha value is -1.39. The molecule has 0 radical (unpaired) electrons. The number of rotatable bonds is 5. The van der Waals surface area contributed by atoms with Crippen LogP contribution in [0.5, 0.6) is 5.75 Å². The highest BCUT2D eigenvalue weighted by atomic mass is 32.1. The fraction of sp³-hybridized carbons (Fsp3) is 0.412. The Morgan fingerprint density at radius 1 is 1.38 bits per heavy atom. The number of benzene rings is 1. The molecule has 2 nitrogen and oxygen atoms in total. The summed E-state index contributed by atoms with van der Waals surface area (Å²) in [5.41, 5.74) is 1.09. The van der Waals surface area contributed by atoms with E-state index in [1.807, 2.05) is 0 Å². The van der Waals surface area contributed by atoms with E-state index in [9.17, 15) is 4.39 Å². The van der Waals surface area contributed by atoms with E-state index in [1.54, 1.807) is 23.5 Å². The molecule has 0 fully saturated rings. The molecule has 1 aromatic heterocycles. The predicted octanol–water partition coefficient (Wildman–Crippen LogP) is 3.76. The van der Waals surface area contributed by atoms with Crippen molar-refractivity contribution < 1.29 is 9.13 Å². The lowest BCUT2D eigenvalue weighted by molar-refractivity contribution is 0.224. The van der Waals surface area contributed by atoms with Crippen molar-refractivity contribution in [3.63, 3.8) is 0 Å². The topological polar surface area (TPSA) is 21.3 Å². The van der Waals surface area contributed by atoms with E-state index in [-0.39, 0.29) is 17.3 Å². The monoisotopic (exact) mass is 305 g/mol. The Labute approximate surface area is 129 Å². The van der Waals surface area contributed by atoms with Crippen LogP contribution in [0.3, 0.4) is 0 Å². The number of ether oxygens (including phenoxy) is 1. The molecule has 112 valence electrons. The number of hydrogen-bond donors (Lipinski definition) is 1. The van der Waals surface area contributed by atoms with E-state index >= 15 is 0 Å². The molecule has 4 heteroatoms. The van der Waals surface area contributed by atoms with Crippen molar-refractivity contribution in [2.24, 2.45) is 0 Å². The van der Waals surface area contributed by atoms with Crippen molar-refractivity contribution in [3.05, 3.63) is 52.0 Å². The standard InChI is InChI=1S/C17H20FNOS/c1-17(2,16-4-3-7-21-16)11-19-10-14-9-12-8-13(18)5-6-15(12)20-14/h3-8,14,19H,9-11H2,1-2H3. The number of thiophene rings is 1. The summed E-state index contributed by atoms with van der Waals surface area (Å²) >= 11 is 1.79. The maximum Gasteiger partial charge on any atom is 0.123 e. The number of halogens is 1. The molecular formula is C17H20FNOS. The molecule has 1 aromatic carbocycles. The smallest absolute Gasteiger partial charge is 0.123 e. The molecule has 1 N–H and O–H groups in total. The first-order valence-corrected chi connectivity index (χ1v) is 8.12. The van der Waals surface area contributed by atoms with Crippen molar-refractivity contribution in [1.29, 1.82) is 0 Å². The number of fused-ring (bicyclic) bond motifs is 1. The van der Waals surface area contributed by atoms with E-state index in [1.165, 1.54) is 10.9 Å². The SMILES string of the molecule is CC(C)(CNCC1Cc2cc(F)ccc2O1)c1cccs1. The van der Waals surface area contributed by atoms with Crippen molar-refractivity contribution in [3.8, 4) is 5.75 Å². The van der Waals surface area contributed by atoms with Gasteiger partial charge in [0.2, 0.25) is 0 Å². The lowest BCUT2D eigenvalue weighted by atomic mass is 9.91. The second-order valence-corrected chi connectivity index (χ2v) is 7.14. The van der Waals surface area contributed by atoms with E-state index in [4.69, 9.17) is 4.74 Å². The van der Waals surface area contributed by atoms with E-state index in [0.717, 1.165) is 30.8 Å². The first kappa shape index (κ1) is 14.5. The molecule has 0 amide bonds. The Bertz CT molecular complexity index is 609. The average molecular weight is 305 g/mol. The summed E-state index contributed by atoms with van der Waals surface area (Å²) in [4.78, 5) is 1.38. The average Bonchev–Trinajstić information content (AvgIpc) is 3.06. The molecule has 0 spiro atoms. The molecule has 2 aromatic rings. The maximum absolute atomic E-state index is 13.2. The van der Waals surface area contributed by atoms with Crippen molar-refractivity contribution >= 4 is 11.3 Å². The van der Waals surface area contributed by atoms with Crippen molar-refractivity contribution in [2.45, 2.75) is 31.8 Å². The highest BCUT2D eigenvalue weighted by Crippen LogP contribution is 2.29. The third kappa shape index (κ3) is 3.27. The molecule has 1 aliphatic rings. The molecule has 0 saturated carbocycles. The summed E-state index contributed by atoms with van der Waals surface area (Å²) in [6.07, 6.45) is 0.875. The Morgan fingerprint density at radius 3 is 3.00 bits per heavy atom. The summed E-state index contributed by atoms with van der Waals surface area (Å²) in [5, 5.41) is 5.61. The predicted molar refractivity (Wildman–Crippen MR) is 84.7 cm³/mol. The summed E-state index contributed by atoms with van der Waals surface area (Å²) in [7, 11) is 0. The van der Waals surface area contributed by atoms with Crippen LogP contribution in [-0.4, -0.2) is 19.2 Å². The minimum absolute atomic E-state index is 0.0981. The maximum atomic E-state index is 13.2. The van der Waals surface area contributed by atoms with Crippen LogP contribution in [0, 0.1) is 5.82 Å². The van der Waals surface area contributed by atoms with Gasteiger partial charge in [-0.05, 0) is 29.6 Å². The lowest BCUT2D eigenvalue weighted by Crippen LogP contribution is -2.38. The molecule has 0 saturated heterocycles. The van der Waals surface area contributed by atoms with Gasteiger partial charge in [-0.15, -0.1) is 11.3 Å². The fourth-order valence-electron chi connectivity index (χ4n) is 2.70. The van der Waals surface area contributed by atoms with Crippen LogP contribution < -0.4 is 10.1 Å². The first-order valence-electron chi connectivity index (χ1n) is 7.24. The van der Waals surface area contributed by atoms with Crippen LogP contribution in [0.15, 0.2) is 35.7 Å². The van der Waals surface area contributed by atoms with Crippen LogP contribution in [0.25, 0.3) is 0 Å². The second kappa shape index (κ2) is 5.78. The van der Waals surface area contributed by atoms with E-state index < -0.39 is 0 Å². The summed E-state index contributed by atoms with van der Waals surface area (Å²) in [6, 6.07) is 9.02. The second-order valence-electron chi connectivity index (χ2n) is 6.19. The third-order valence-electron chi connectivity index (χ3n) is 3.89. The highest BCUT2D eigenvalue weighted by molar-refractivity contribution is 7.10. The van der Waals surface area contributed by atoms with Gasteiger partial charge in [0.15, 0.2) is 0 Å². The molecule has 0 aliphatic carbocycles. The van der Waals surface area contributed by atoms with Gasteiger partial charge < -0.3 is 10.1 Å². The molecule has 1 unspecified atom stereocenters. The van der Waals surface area contributed by atoms with Gasteiger partial charge in [0.1, 0.15) is 17.7 Å². The molecule has 2 heterocycles. The van der Waals surface area contributed by atoms with Gasteiger partial charge in [0.05, 0.1) is 0 Å². The van der Waals surface area contributed by atoms with Crippen LogP contribution in [0.1, 0.15) is 24.3 Å². The lowest BCUT2D eigenvalue weighted by Gasteiger charge is -2.24. The molecule has 21 heavy (non-hydrogen) atoms. The Kier molecular flexibility index (Phi) is 4.00. The molecular weight excluding hydrogens is 285 g/mol. The quantitative estimate of drug-likeness (QED) is 0.908. The van der Waals surface area contributed by atoms with Gasteiger partial charge in [-0.2, -0.15) is 0 Å². The van der Waals surface area contributed by atoms with E-state index in [0.29, 0.717) is 0 Å². The first-order chi connectivity index (χ1) is 10.0. The zero-order valence-electron chi connectivity index (χ0n) is 12.4. The Morgan fingerprint density at radius 2 is 2.24 bits per heavy atom. The van der Waals surface area contributed by atoms with Crippen LogP contribution in [0.4, 0.5) is 4.39 Å². The van der Waals surface area contributed by atoms with Gasteiger partial charge >= 0.3 is 0 Å². The molecule has 0 bridgehead atoms. The minimum Gasteiger partial charge on any atom is -0.488 e. The van der Waals surface area contributed by atoms with Crippen LogP contribution in [-0.2, 0) is 11.8 Å². The van der Waals surface area contributed by atoms with Gasteiger partial charge in [0.25, 0.3) is 0 Å². The zero-order valence-corrected chi connectivity index (χ0v) is 13.2. The van der Waals surface area contributed by atoms with Crippen molar-refractivity contribution in [1.82, 2.24) is 5.32 Å². The number of hydrogen-bond acceptors (Lipinski definition) is 3. The Balaban J connectivity index is 1.51. The van der Waals surface area contributed by atoms with Gasteiger partial charge in [-0.3, -0.25) is 0 Å². The highest BCUT2D eigenvalue weighted by Gasteiger charge is 2.25. The van der Waals surface area contributed by atoms with Crippen LogP contribution >= 0.6 is 11.3 Å². The minimum atomic E-state index is -0.190. The molecule has 3 rings (SSSR count). The van der Waals surface area contributed by atoms with Crippen molar-refractivity contribution in [2.75, 3.05) is 13.1 Å². The summed E-state index contributed by atoms with van der Waals surface area (Å²) < 4.78 is 19.0. The largest absolute Gasteiger partial charge is 0.488 e. The van der Waals surface area contributed by atoms with Gasteiger partial charge in [0, 0.05) is 35.4 Å². The zero-order chi connectivity index (χ0) is 14.9. The molecule has 1 atom stereocenters. The molecule has 1 aliphatic heterocycles. The fourth-order valence-corrected chi connectivity index (χ4v) is 3.55. The normalized spacial score (nSPS) is 17.6. The van der Waals surface area contributed by atoms with Gasteiger partial charge in [-0.25, -0.2) is 4.39 Å². The van der Waals surface area contributed by atoms with E-state index in [2.05, 4.69) is 36.7 Å². The third-order valence-corrected chi connectivity index (χ3v) is 5.13. The summed E-state index contributed by atoms with van der Waals surface area (Å²) in [6.45, 7) is 6.17. The van der Waals surface area contributed by atoms with Gasteiger partial charge in [-0.1, -0.05) is 19.9 Å². The van der Waals surface area contributed by atoms with Crippen LogP contribution in [0.2, 0.25) is 0 Å². The summed E-state index contributed by atoms with van der Waals surface area (Å²) in [5.74, 6) is 0.630. The number of nitrogens with one attached hydrogen (secondary N) is 1.